The molecule has 0 saturated carbocycles. The molecule has 0 aliphatic carbocycles. The fraction of sp³-hybridized carbons (Fsp3) is 0.267. The molecule has 0 radical (unpaired) electrons. The van der Waals surface area contributed by atoms with E-state index >= 15 is 0 Å². The van der Waals surface area contributed by atoms with Crippen molar-refractivity contribution < 1.29 is 9.59 Å². The molecule has 4 aromatic carbocycles. The van der Waals surface area contributed by atoms with Crippen LogP contribution in [0.2, 0.25) is 0 Å². The third-order valence-electron chi connectivity index (χ3n) is 6.92. The van der Waals surface area contributed by atoms with Crippen molar-refractivity contribution in [3.63, 3.8) is 0 Å². The van der Waals surface area contributed by atoms with E-state index in [9.17, 15) is 9.59 Å². The summed E-state index contributed by atoms with van der Waals surface area (Å²) in [6.07, 6.45) is 0. The zero-order valence-electron chi connectivity index (χ0n) is 20.5. The van der Waals surface area contributed by atoms with Crippen molar-refractivity contribution in [1.82, 2.24) is 20.4 Å². The van der Waals surface area contributed by atoms with Crippen LogP contribution >= 0.6 is 0 Å². The molecule has 1 aliphatic heterocycles. The Kier molecular flexibility index (Phi) is 7.55. The smallest absolute Gasteiger partial charge is 0.251 e. The van der Waals surface area contributed by atoms with Gasteiger partial charge in [0.2, 0.25) is 0 Å². The van der Waals surface area contributed by atoms with Gasteiger partial charge < -0.3 is 10.6 Å². The van der Waals surface area contributed by atoms with Crippen LogP contribution in [0.5, 0.6) is 0 Å². The number of amides is 2. The van der Waals surface area contributed by atoms with Gasteiger partial charge in [0.1, 0.15) is 0 Å². The number of piperazine rings is 1. The van der Waals surface area contributed by atoms with Crippen LogP contribution in [-0.2, 0) is 0 Å². The Bertz CT molecular complexity index is 1260. The highest BCUT2D eigenvalue weighted by Crippen LogP contribution is 2.16. The van der Waals surface area contributed by atoms with E-state index < -0.39 is 0 Å². The topological polar surface area (TPSA) is 64.7 Å². The molecule has 1 aliphatic rings. The second-order valence-electron chi connectivity index (χ2n) is 9.32. The molecule has 4 aromatic rings. The molecular formula is C30H32N4O2. The lowest BCUT2D eigenvalue weighted by Gasteiger charge is -2.34. The monoisotopic (exact) mass is 480 g/mol. The first-order valence-electron chi connectivity index (χ1n) is 12.6. The summed E-state index contributed by atoms with van der Waals surface area (Å²) in [6.45, 7) is 6.79. The van der Waals surface area contributed by atoms with Crippen molar-refractivity contribution in [3.8, 4) is 0 Å². The van der Waals surface area contributed by atoms with Crippen LogP contribution in [0.15, 0.2) is 84.9 Å². The van der Waals surface area contributed by atoms with E-state index in [-0.39, 0.29) is 11.8 Å². The lowest BCUT2D eigenvalue weighted by atomic mass is 10.1. The molecule has 1 saturated heterocycles. The molecule has 0 unspecified atom stereocenters. The number of carbonyl (C=O) groups excluding carboxylic acids is 2. The second kappa shape index (κ2) is 11.3. The predicted octanol–water partition coefficient (Wildman–Crippen LogP) is 3.77. The molecule has 0 atom stereocenters. The van der Waals surface area contributed by atoms with Gasteiger partial charge in [0.15, 0.2) is 0 Å². The van der Waals surface area contributed by atoms with Crippen LogP contribution < -0.4 is 10.6 Å². The van der Waals surface area contributed by atoms with Crippen molar-refractivity contribution in [2.24, 2.45) is 0 Å². The molecule has 5 rings (SSSR count). The van der Waals surface area contributed by atoms with Crippen molar-refractivity contribution in [1.29, 1.82) is 0 Å². The first-order chi connectivity index (χ1) is 17.7. The fourth-order valence-electron chi connectivity index (χ4n) is 4.76. The van der Waals surface area contributed by atoms with E-state index in [1.54, 1.807) is 0 Å². The molecule has 6 nitrogen and oxygen atoms in total. The van der Waals surface area contributed by atoms with Gasteiger partial charge in [-0.05, 0) is 45.8 Å². The van der Waals surface area contributed by atoms with Crippen LogP contribution in [0.1, 0.15) is 20.7 Å². The molecule has 2 amide bonds. The summed E-state index contributed by atoms with van der Waals surface area (Å²) in [5.74, 6) is -0.0527. The lowest BCUT2D eigenvalue weighted by molar-refractivity contribution is 0.0915. The number of benzene rings is 4. The van der Waals surface area contributed by atoms with Gasteiger partial charge in [-0.3, -0.25) is 19.4 Å². The quantitative estimate of drug-likeness (QED) is 0.403. The van der Waals surface area contributed by atoms with Gasteiger partial charge in [-0.15, -0.1) is 0 Å². The molecule has 36 heavy (non-hydrogen) atoms. The summed E-state index contributed by atoms with van der Waals surface area (Å²) in [5, 5.41) is 10.5. The number of nitrogens with zero attached hydrogens (tertiary/aromatic N) is 2. The van der Waals surface area contributed by atoms with E-state index in [4.69, 9.17) is 0 Å². The van der Waals surface area contributed by atoms with Crippen LogP contribution in [0, 0.1) is 0 Å². The molecular weight excluding hydrogens is 448 g/mol. The fourth-order valence-corrected chi connectivity index (χ4v) is 4.76. The molecule has 0 spiro atoms. The minimum Gasteiger partial charge on any atom is -0.351 e. The van der Waals surface area contributed by atoms with Gasteiger partial charge in [0.25, 0.3) is 11.8 Å². The van der Waals surface area contributed by atoms with Gasteiger partial charge in [0.05, 0.1) is 0 Å². The maximum Gasteiger partial charge on any atom is 0.251 e. The average Bonchev–Trinajstić information content (AvgIpc) is 2.93. The predicted molar refractivity (Wildman–Crippen MR) is 145 cm³/mol. The SMILES string of the molecule is O=C(NCCN1CCN(CCNC(=O)c2ccc3ccccc3c2)CC1)c1ccc2ccccc2c1. The van der Waals surface area contributed by atoms with Crippen LogP contribution in [0.3, 0.4) is 0 Å². The van der Waals surface area contributed by atoms with E-state index in [0.717, 1.165) is 60.8 Å². The van der Waals surface area contributed by atoms with Crippen molar-refractivity contribution in [3.05, 3.63) is 96.1 Å². The van der Waals surface area contributed by atoms with Crippen molar-refractivity contribution in [2.45, 2.75) is 0 Å². The van der Waals surface area contributed by atoms with Crippen LogP contribution in [-0.4, -0.2) is 74.0 Å². The molecule has 6 heteroatoms. The number of hydrogen-bond donors (Lipinski definition) is 2. The van der Waals surface area contributed by atoms with Gasteiger partial charge in [-0.25, -0.2) is 0 Å². The van der Waals surface area contributed by atoms with Crippen molar-refractivity contribution >= 4 is 33.4 Å². The first kappa shape index (κ1) is 24.0. The molecule has 2 N–H and O–H groups in total. The van der Waals surface area contributed by atoms with Crippen LogP contribution in [0.4, 0.5) is 0 Å². The Morgan fingerprint density at radius 2 is 0.944 bits per heavy atom. The van der Waals surface area contributed by atoms with Gasteiger partial charge in [0, 0.05) is 63.5 Å². The number of hydrogen-bond acceptors (Lipinski definition) is 4. The number of carbonyl (C=O) groups is 2. The van der Waals surface area contributed by atoms with Gasteiger partial charge in [-0.2, -0.15) is 0 Å². The van der Waals surface area contributed by atoms with Gasteiger partial charge in [-0.1, -0.05) is 60.7 Å². The third-order valence-corrected chi connectivity index (χ3v) is 6.92. The van der Waals surface area contributed by atoms with E-state index in [1.807, 2.05) is 72.8 Å². The van der Waals surface area contributed by atoms with E-state index in [2.05, 4.69) is 32.6 Å². The molecule has 0 aromatic heterocycles. The Labute approximate surface area is 211 Å². The number of nitrogens with one attached hydrogen (secondary N) is 2. The maximum absolute atomic E-state index is 12.5. The van der Waals surface area contributed by atoms with Crippen molar-refractivity contribution in [2.75, 3.05) is 52.4 Å². The zero-order chi connectivity index (χ0) is 24.7. The molecule has 184 valence electrons. The molecule has 1 heterocycles. The number of rotatable bonds is 8. The summed E-state index contributed by atoms with van der Waals surface area (Å²) in [5.41, 5.74) is 1.40. The Morgan fingerprint density at radius 1 is 0.556 bits per heavy atom. The standard InChI is InChI=1S/C30H32N4O2/c35-29(27-11-9-23-5-1-3-7-25(23)21-27)31-13-15-33-17-19-34(20-18-33)16-14-32-30(36)28-12-10-24-6-2-4-8-26(24)22-28/h1-12,21-22H,13-20H2,(H,31,35)(H,32,36). The highest BCUT2D eigenvalue weighted by Gasteiger charge is 2.17. The zero-order valence-corrected chi connectivity index (χ0v) is 20.5. The third kappa shape index (κ3) is 5.90. The average molecular weight is 481 g/mol. The Hall–Kier alpha value is -3.74. The first-order valence-corrected chi connectivity index (χ1v) is 12.6. The highest BCUT2D eigenvalue weighted by molar-refractivity contribution is 5.99. The summed E-state index contributed by atoms with van der Waals surface area (Å²) in [6, 6.07) is 27.8. The largest absolute Gasteiger partial charge is 0.351 e. The lowest BCUT2D eigenvalue weighted by Crippen LogP contribution is -2.50. The normalized spacial score (nSPS) is 14.7. The summed E-state index contributed by atoms with van der Waals surface area (Å²) >= 11 is 0. The summed E-state index contributed by atoms with van der Waals surface area (Å²) in [4.78, 5) is 29.9. The van der Waals surface area contributed by atoms with E-state index in [0.29, 0.717) is 24.2 Å². The maximum atomic E-state index is 12.5. The summed E-state index contributed by atoms with van der Waals surface area (Å²) < 4.78 is 0. The minimum atomic E-state index is -0.0263. The Morgan fingerprint density at radius 3 is 1.36 bits per heavy atom. The molecule has 1 fully saturated rings. The highest BCUT2D eigenvalue weighted by atomic mass is 16.2. The summed E-state index contributed by atoms with van der Waals surface area (Å²) in [7, 11) is 0. The Balaban J connectivity index is 0.995. The second-order valence-corrected chi connectivity index (χ2v) is 9.32. The number of fused-ring (bicyclic) bond motifs is 2. The minimum absolute atomic E-state index is 0.0263. The molecule has 0 bridgehead atoms. The van der Waals surface area contributed by atoms with Gasteiger partial charge >= 0.3 is 0 Å². The van der Waals surface area contributed by atoms with Crippen LogP contribution in [0.25, 0.3) is 21.5 Å². The van der Waals surface area contributed by atoms with E-state index in [1.165, 1.54) is 0 Å².